The molecule has 2 saturated carbocycles. The summed E-state index contributed by atoms with van der Waals surface area (Å²) in [7, 11) is 5.76. The van der Waals surface area contributed by atoms with Crippen molar-refractivity contribution in [1.29, 1.82) is 0 Å². The number of carbonyl (C=O) groups is 11. The molecule has 7 aliphatic heterocycles. The Kier molecular flexibility index (Phi) is 24.1. The first-order chi connectivity index (χ1) is 53.0. The Morgan fingerprint density at radius 3 is 2.06 bits per heavy atom. The van der Waals surface area contributed by atoms with Gasteiger partial charge in [0.05, 0.1) is 58.9 Å². The quantitative estimate of drug-likeness (QED) is 0.0239. The smallest absolute Gasteiger partial charge is 0.344 e. The predicted molar refractivity (Wildman–Crippen MR) is 397 cm³/mol. The van der Waals surface area contributed by atoms with Gasteiger partial charge in [-0.2, -0.15) is 0 Å². The highest BCUT2D eigenvalue weighted by atomic mass is 16.6. The number of amides is 8. The fourth-order valence-electron chi connectivity index (χ4n) is 20.7. The molecule has 4 saturated heterocycles. The summed E-state index contributed by atoms with van der Waals surface area (Å²) in [6.45, 7) is 4.20. The van der Waals surface area contributed by atoms with Crippen molar-refractivity contribution in [1.82, 2.24) is 51.2 Å². The SMILES string of the molecule is CC[C@]1(O)C[C@@H]2CN(CCc3c([nH]c4ccccc34)[C@@](C(=O)OC)(c3cc4c(cc3OC)N(C)C3C45CCN4CC=C[C@](CC)(C45)[C@@H](OC(=O)[C@@H]4CCCN4C(=O)[C@H](CO)NC(=O)[C@H](CCC(N)=O)NC(=O)[C@@H](NC(=O)[C@H](CO)NC(=O)[C@H](CO)NC(=O)[C@@H]4C[C@@H](O)CN4C(C)=O)C4CCCCC4)[C@]3(O)C(=O)OC)C2)C1. The Bertz CT molecular complexity index is 4130. The summed E-state index contributed by atoms with van der Waals surface area (Å²) in [6, 6.07) is -1.27. The van der Waals surface area contributed by atoms with Crippen LogP contribution in [0.1, 0.15) is 139 Å². The number of β-amino-alcohol motifs (C(OH)–C–C–N with tert-alkyl or cyclic N) is 1. The van der Waals surface area contributed by atoms with Crippen molar-refractivity contribution >= 4 is 81.8 Å². The van der Waals surface area contributed by atoms with E-state index in [-0.39, 0.29) is 51.1 Å². The van der Waals surface area contributed by atoms with E-state index in [1.165, 1.54) is 21.1 Å². The first kappa shape index (κ1) is 81.7. The topological polar surface area (TPSA) is 464 Å². The summed E-state index contributed by atoms with van der Waals surface area (Å²) < 4.78 is 25.0. The van der Waals surface area contributed by atoms with E-state index in [9.17, 15) is 64.2 Å². The number of likely N-dealkylation sites (tertiary alicyclic amines) is 2. The van der Waals surface area contributed by atoms with Gasteiger partial charge < -0.3 is 102 Å². The number of anilines is 1. The van der Waals surface area contributed by atoms with Crippen LogP contribution in [0.15, 0.2) is 48.6 Å². The van der Waals surface area contributed by atoms with Gasteiger partial charge in [-0.05, 0) is 112 Å². The van der Waals surface area contributed by atoms with Gasteiger partial charge in [0.25, 0.3) is 0 Å². The number of nitrogens with two attached hydrogens (primary N) is 1. The number of nitrogens with one attached hydrogen (secondary N) is 6. The molecule has 33 nitrogen and oxygen atoms in total. The Balaban J connectivity index is 0.819. The van der Waals surface area contributed by atoms with Crippen LogP contribution in [0.25, 0.3) is 10.9 Å². The van der Waals surface area contributed by atoms with Gasteiger partial charge in [-0.1, -0.05) is 63.5 Å². The van der Waals surface area contributed by atoms with Crippen LogP contribution in [0.2, 0.25) is 0 Å². The van der Waals surface area contributed by atoms with Crippen molar-refractivity contribution in [2.24, 2.45) is 23.0 Å². The lowest BCUT2D eigenvalue weighted by molar-refractivity contribution is -0.231. The van der Waals surface area contributed by atoms with Gasteiger partial charge in [-0.3, -0.25) is 53.0 Å². The fourth-order valence-corrected chi connectivity index (χ4v) is 20.7. The first-order valence-corrected chi connectivity index (χ1v) is 38.9. The number of aliphatic hydroxyl groups is 6. The van der Waals surface area contributed by atoms with Gasteiger partial charge in [0, 0.05) is 117 Å². The molecule has 8 amide bonds. The average Bonchev–Trinajstić information content (AvgIpc) is 1.49. The van der Waals surface area contributed by atoms with Crippen LogP contribution in [-0.4, -0.2) is 292 Å². The number of aromatic nitrogens is 1. The maximum atomic E-state index is 15.8. The molecule has 6 fully saturated rings. The van der Waals surface area contributed by atoms with Crippen molar-refractivity contribution in [3.8, 4) is 5.75 Å². The molecule has 2 aliphatic carbocycles. The summed E-state index contributed by atoms with van der Waals surface area (Å²) in [4.78, 5) is 169. The van der Waals surface area contributed by atoms with Crippen LogP contribution in [0.4, 0.5) is 5.69 Å². The Morgan fingerprint density at radius 2 is 1.40 bits per heavy atom. The fraction of sp³-hybridized carbons (Fsp3) is 0.654. The molecule has 12 rings (SSSR count). The van der Waals surface area contributed by atoms with Gasteiger partial charge in [0.1, 0.15) is 53.5 Å². The van der Waals surface area contributed by atoms with Gasteiger partial charge in [0.2, 0.25) is 52.9 Å². The van der Waals surface area contributed by atoms with E-state index < -0.39 is 198 Å². The third-order valence-electron chi connectivity index (χ3n) is 25.8. The van der Waals surface area contributed by atoms with Crippen molar-refractivity contribution in [3.05, 3.63) is 70.9 Å². The zero-order valence-electron chi connectivity index (χ0n) is 64.1. The van der Waals surface area contributed by atoms with E-state index >= 15 is 19.2 Å². The minimum Gasteiger partial charge on any atom is -0.496 e. The third-order valence-corrected chi connectivity index (χ3v) is 25.8. The van der Waals surface area contributed by atoms with Crippen LogP contribution < -0.4 is 42.0 Å². The van der Waals surface area contributed by atoms with Gasteiger partial charge in [-0.15, -0.1) is 0 Å². The number of fused-ring (bicyclic) bond motifs is 6. The summed E-state index contributed by atoms with van der Waals surface area (Å²) in [5, 5.41) is 81.6. The molecule has 8 heterocycles. The number of H-pyrrole nitrogens is 1. The molecule has 18 atom stereocenters. The number of aromatic amines is 1. The lowest BCUT2D eigenvalue weighted by atomic mass is 9.47. The molecule has 111 heavy (non-hydrogen) atoms. The number of primary amides is 1. The van der Waals surface area contributed by atoms with Crippen LogP contribution >= 0.6 is 0 Å². The highest BCUT2D eigenvalue weighted by Gasteiger charge is 2.81. The number of hydrogen-bond acceptors (Lipinski definition) is 24. The number of nitrogens with zero attached hydrogens (tertiary/aromatic N) is 5. The van der Waals surface area contributed by atoms with E-state index in [2.05, 4.69) is 41.4 Å². The average molecular weight is 1550 g/mol. The Hall–Kier alpha value is -8.83. The van der Waals surface area contributed by atoms with Crippen LogP contribution in [0, 0.1) is 17.3 Å². The number of piperidine rings is 1. The molecule has 2 aromatic carbocycles. The van der Waals surface area contributed by atoms with Crippen LogP contribution in [0.3, 0.4) is 0 Å². The summed E-state index contributed by atoms with van der Waals surface area (Å²) in [5.74, 6) is -10.8. The summed E-state index contributed by atoms with van der Waals surface area (Å²) in [5.41, 5.74) is 1.62. The molecule has 33 heteroatoms. The molecule has 1 aromatic heterocycles. The second-order valence-corrected chi connectivity index (χ2v) is 32.0. The second-order valence-electron chi connectivity index (χ2n) is 32.0. The molecule has 3 aromatic rings. The highest BCUT2D eigenvalue weighted by Crippen LogP contribution is 2.68. The number of aliphatic hydroxyl groups excluding tert-OH is 4. The zero-order chi connectivity index (χ0) is 80.0. The number of hydrogen-bond donors (Lipinski definition) is 13. The van der Waals surface area contributed by atoms with E-state index in [4.69, 9.17) is 24.7 Å². The predicted octanol–water partition coefficient (Wildman–Crippen LogP) is -1.81. The number of benzene rings is 2. The van der Waals surface area contributed by atoms with Crippen molar-refractivity contribution in [2.75, 3.05) is 98.9 Å². The van der Waals surface area contributed by atoms with Gasteiger partial charge in [-0.25, -0.2) is 9.59 Å². The molecule has 1 spiro atoms. The normalized spacial score (nSPS) is 30.8. The van der Waals surface area contributed by atoms with Crippen LogP contribution in [0.5, 0.6) is 5.75 Å². The second kappa shape index (κ2) is 32.7. The molecule has 0 radical (unpaired) electrons. The van der Waals surface area contributed by atoms with E-state index in [0.29, 0.717) is 112 Å². The maximum Gasteiger partial charge on any atom is 0.344 e. The Morgan fingerprint density at radius 1 is 0.721 bits per heavy atom. The molecular formula is C78H108N12O21. The third kappa shape index (κ3) is 14.5. The standard InChI is InChI=1S/C78H108N12O21/c1-8-74(106)34-43-35-77(72(104)109-6,61-47(24-29-87(36-43)41-74)46-19-13-14-20-50(46)80-61)49-32-48-56(33-58(49)108-5)86(4)70-76(48)26-30-88-27-16-25-75(9-2,69(76)88)71(78(70,107)73(105)110-7)111-68(103)55-21-15-28-89(55)67(102)54(40-93)84-62(97)51(22-23-59(79)96)81-66(101)60(44-17-11-10-12-18-44)85-64(99)53(39-92)82-63(98)52(38-91)83-65(100)57-31-45(95)37-90(57)42(3)94/h13-14,16,19-20,25,32-33,43-45,51-55,57,60,69-71,80,91-93,95,106-107H,8-12,15,17-18,21-24,26-31,34-41H2,1-7H3,(H2,79,96)(H,81,101)(H,82,98)(H,83,100)(H,84,97)(H,85,99)/t43-,45+,51-,52-,53-,54-,55-,57-,60-,69?,70?,71+,74-,75+,76?,77-,78-/m0/s1. The number of para-hydroxylation sites is 1. The van der Waals surface area contributed by atoms with E-state index in [0.717, 1.165) is 39.8 Å². The molecule has 606 valence electrons. The lowest BCUT2D eigenvalue weighted by Gasteiger charge is -2.63. The van der Waals surface area contributed by atoms with Gasteiger partial charge >= 0.3 is 17.9 Å². The monoisotopic (exact) mass is 1550 g/mol. The zero-order valence-corrected chi connectivity index (χ0v) is 64.1. The lowest BCUT2D eigenvalue weighted by Crippen LogP contribution is -2.81. The number of likely N-dealkylation sites (N-methyl/N-ethyl adjacent to an activating group) is 1. The Labute approximate surface area is 643 Å². The minimum atomic E-state index is -2.72. The minimum absolute atomic E-state index is 0.0132. The number of carbonyl (C=O) groups excluding carboxylic acids is 11. The van der Waals surface area contributed by atoms with E-state index in [1.54, 1.807) is 7.05 Å². The molecule has 14 N–H and O–H groups in total. The molecule has 2 bridgehead atoms. The number of ether oxygens (including phenoxy) is 4. The molecule has 9 aliphatic rings. The summed E-state index contributed by atoms with van der Waals surface area (Å²) in [6.07, 6.45) is 5.05. The number of rotatable bonds is 26. The van der Waals surface area contributed by atoms with Crippen molar-refractivity contribution < 1.29 is 102 Å². The van der Waals surface area contributed by atoms with Crippen molar-refractivity contribution in [2.45, 2.75) is 212 Å². The van der Waals surface area contributed by atoms with Gasteiger partial charge in [0.15, 0.2) is 6.10 Å². The molecule has 4 unspecified atom stereocenters. The summed E-state index contributed by atoms with van der Waals surface area (Å²) >= 11 is 0. The number of methoxy groups -OCH3 is 3. The van der Waals surface area contributed by atoms with Crippen LogP contribution in [-0.2, 0) is 84.2 Å². The van der Waals surface area contributed by atoms with E-state index in [1.807, 2.05) is 67.3 Å². The number of esters is 3. The largest absolute Gasteiger partial charge is 0.496 e. The van der Waals surface area contributed by atoms with Crippen molar-refractivity contribution in [3.63, 3.8) is 0 Å². The maximum absolute atomic E-state index is 15.8. The molecular weight excluding hydrogens is 1440 g/mol. The highest BCUT2D eigenvalue weighted by molar-refractivity contribution is 5.99. The first-order valence-electron chi connectivity index (χ1n) is 38.9.